The van der Waals surface area contributed by atoms with E-state index in [0.29, 0.717) is 5.56 Å². The molecule has 0 fully saturated rings. The Morgan fingerprint density at radius 2 is 1.68 bits per heavy atom. The van der Waals surface area contributed by atoms with E-state index in [0.717, 1.165) is 16.3 Å². The van der Waals surface area contributed by atoms with E-state index in [-0.39, 0.29) is 38.4 Å². The summed E-state index contributed by atoms with van der Waals surface area (Å²) in [4.78, 5) is 40.6. The number of rotatable bonds is 14. The van der Waals surface area contributed by atoms with Crippen LogP contribution in [0.25, 0.3) is 10.8 Å². The molecule has 0 saturated heterocycles. The fraction of sp³-hybridized carbons (Fsp3) is 0.387. The number of carbonyl (C=O) groups excluding carboxylic acids is 3. The van der Waals surface area contributed by atoms with Gasteiger partial charge in [0.25, 0.3) is 0 Å². The number of amides is 2. The summed E-state index contributed by atoms with van der Waals surface area (Å²) in [5, 5.41) is 7.74. The summed E-state index contributed by atoms with van der Waals surface area (Å²) in [5.41, 5.74) is 6.55. The number of nitrogens with one attached hydrogen (secondary N) is 2. The van der Waals surface area contributed by atoms with Gasteiger partial charge in [-0.1, -0.05) is 60.7 Å². The Kier molecular flexibility index (Phi) is 10.9. The van der Waals surface area contributed by atoms with E-state index in [1.165, 1.54) is 25.1 Å². The third-order valence-electron chi connectivity index (χ3n) is 6.57. The molecule has 0 bridgehead atoms. The number of ketones is 1. The van der Waals surface area contributed by atoms with Gasteiger partial charge in [0.05, 0.1) is 19.2 Å². The first kappa shape index (κ1) is 30.9. The number of hydrogen-bond acceptors (Lipinski definition) is 6. The summed E-state index contributed by atoms with van der Waals surface area (Å²) < 4.78 is 19.9. The van der Waals surface area contributed by atoms with Gasteiger partial charge in [-0.15, -0.1) is 0 Å². The topological polar surface area (TPSA) is 114 Å². The summed E-state index contributed by atoms with van der Waals surface area (Å²) in [7, 11) is 2.99. The summed E-state index contributed by atoms with van der Waals surface area (Å²) >= 11 is 0. The minimum Gasteiger partial charge on any atom is -0.372 e. The number of benzene rings is 3. The van der Waals surface area contributed by atoms with Crippen LogP contribution in [0.4, 0.5) is 4.39 Å². The zero-order chi connectivity index (χ0) is 29.3. The van der Waals surface area contributed by atoms with Gasteiger partial charge in [-0.05, 0) is 48.2 Å². The molecular weight excluding hydrogens is 511 g/mol. The number of hydrogen-bond donors (Lipinski definition) is 3. The first-order valence-electron chi connectivity index (χ1n) is 13.3. The monoisotopic (exact) mass is 550 g/mol. The second-order valence-electron chi connectivity index (χ2n) is 10.7. The van der Waals surface area contributed by atoms with Crippen LogP contribution in [-0.4, -0.2) is 74.0 Å². The fourth-order valence-electron chi connectivity index (χ4n) is 4.41. The highest BCUT2D eigenvalue weighted by molar-refractivity contribution is 5.91. The van der Waals surface area contributed by atoms with Crippen LogP contribution in [-0.2, 0) is 32.0 Å². The molecule has 0 radical (unpaired) electrons. The number of nitrogens with zero attached hydrogens (tertiary/aromatic N) is 1. The summed E-state index contributed by atoms with van der Waals surface area (Å²) in [6, 6.07) is 18.2. The first-order chi connectivity index (χ1) is 19.0. The molecule has 3 rings (SSSR count). The van der Waals surface area contributed by atoms with Crippen molar-refractivity contribution < 1.29 is 23.5 Å². The van der Waals surface area contributed by atoms with E-state index in [2.05, 4.69) is 10.6 Å². The van der Waals surface area contributed by atoms with Gasteiger partial charge in [-0.3, -0.25) is 19.7 Å². The van der Waals surface area contributed by atoms with Gasteiger partial charge in [-0.2, -0.15) is 0 Å². The third-order valence-corrected chi connectivity index (χ3v) is 6.57. The Morgan fingerprint density at radius 3 is 2.35 bits per heavy atom. The average molecular weight is 551 g/mol. The maximum Gasteiger partial charge on any atom is 0.242 e. The van der Waals surface area contributed by atoms with Crippen molar-refractivity contribution in [3.8, 4) is 0 Å². The first-order valence-corrected chi connectivity index (χ1v) is 13.3. The molecule has 0 heterocycles. The van der Waals surface area contributed by atoms with Crippen LogP contribution in [0.3, 0.4) is 0 Å². The number of ether oxygens (including phenoxy) is 1. The molecule has 4 N–H and O–H groups in total. The molecule has 0 aliphatic carbocycles. The van der Waals surface area contributed by atoms with Crippen molar-refractivity contribution in [2.75, 3.05) is 33.9 Å². The lowest BCUT2D eigenvalue weighted by Gasteiger charge is -2.31. The van der Waals surface area contributed by atoms with Crippen molar-refractivity contribution in [3.05, 3.63) is 83.7 Å². The molecule has 0 aliphatic rings. The van der Waals surface area contributed by atoms with Gasteiger partial charge >= 0.3 is 0 Å². The SMILES string of the molecule is CNC(=O)[C@@H](Cc1ccccc1F)N(C)C(=O)[C@@H](Cc1ccc2ccccc2c1)NCC(=O)COCC(C)(C)N. The molecule has 0 aromatic heterocycles. The quantitative estimate of drug-likeness (QED) is 0.284. The molecule has 8 nitrogen and oxygen atoms in total. The lowest BCUT2D eigenvalue weighted by molar-refractivity contribution is -0.140. The van der Waals surface area contributed by atoms with Crippen molar-refractivity contribution in [1.82, 2.24) is 15.5 Å². The Hall–Kier alpha value is -3.66. The van der Waals surface area contributed by atoms with E-state index in [4.69, 9.17) is 10.5 Å². The van der Waals surface area contributed by atoms with Crippen molar-refractivity contribution >= 4 is 28.4 Å². The maximum atomic E-state index is 14.4. The van der Waals surface area contributed by atoms with Crippen LogP contribution < -0.4 is 16.4 Å². The minimum atomic E-state index is -0.957. The molecule has 40 heavy (non-hydrogen) atoms. The molecule has 0 unspecified atom stereocenters. The minimum absolute atomic E-state index is 0.00107. The van der Waals surface area contributed by atoms with Gasteiger partial charge in [0.15, 0.2) is 5.78 Å². The molecule has 3 aromatic rings. The van der Waals surface area contributed by atoms with Gasteiger partial charge in [0, 0.05) is 26.1 Å². The predicted molar refractivity (Wildman–Crippen MR) is 154 cm³/mol. The predicted octanol–water partition coefficient (Wildman–Crippen LogP) is 2.62. The summed E-state index contributed by atoms with van der Waals surface area (Å²) in [6.07, 6.45) is 0.275. The largest absolute Gasteiger partial charge is 0.372 e. The molecule has 214 valence electrons. The Bertz CT molecular complexity index is 1320. The van der Waals surface area contributed by atoms with E-state index in [1.54, 1.807) is 32.0 Å². The zero-order valence-corrected chi connectivity index (χ0v) is 23.6. The van der Waals surface area contributed by atoms with Crippen LogP contribution in [0.5, 0.6) is 0 Å². The Morgan fingerprint density at radius 1 is 1.00 bits per heavy atom. The smallest absolute Gasteiger partial charge is 0.242 e. The van der Waals surface area contributed by atoms with Crippen molar-refractivity contribution in [1.29, 1.82) is 0 Å². The third kappa shape index (κ3) is 8.94. The van der Waals surface area contributed by atoms with Gasteiger partial charge in [-0.25, -0.2) is 4.39 Å². The standard InChI is InChI=1S/C31H39FN4O4/c1-31(2,33)20-40-19-25(37)18-35-27(16-21-13-14-22-9-5-6-10-23(22)15-21)30(39)36(4)28(29(38)34-3)17-24-11-7-8-12-26(24)32/h5-15,27-28,35H,16-20,33H2,1-4H3,(H,34,38)/t27-,28-/m1/s1. The van der Waals surface area contributed by atoms with Gasteiger partial charge < -0.3 is 20.7 Å². The van der Waals surface area contributed by atoms with Crippen LogP contribution in [0.15, 0.2) is 66.7 Å². The summed E-state index contributed by atoms with van der Waals surface area (Å²) in [6.45, 7) is 3.56. The molecule has 2 atom stereocenters. The maximum absolute atomic E-state index is 14.4. The lowest BCUT2D eigenvalue weighted by Crippen LogP contribution is -2.55. The average Bonchev–Trinajstić information content (AvgIpc) is 2.92. The number of carbonyl (C=O) groups is 3. The molecular formula is C31H39FN4O4. The number of halogens is 1. The van der Waals surface area contributed by atoms with Crippen LogP contribution in [0.2, 0.25) is 0 Å². The van der Waals surface area contributed by atoms with E-state index in [1.807, 2.05) is 42.5 Å². The summed E-state index contributed by atoms with van der Waals surface area (Å²) in [5.74, 6) is -1.50. The van der Waals surface area contributed by atoms with Gasteiger partial charge in [0.2, 0.25) is 11.8 Å². The highest BCUT2D eigenvalue weighted by atomic mass is 19.1. The second-order valence-corrected chi connectivity index (χ2v) is 10.7. The molecule has 0 spiro atoms. The normalized spacial score (nSPS) is 13.1. The van der Waals surface area contributed by atoms with Crippen LogP contribution >= 0.6 is 0 Å². The second kappa shape index (κ2) is 14.1. The fourth-order valence-corrected chi connectivity index (χ4v) is 4.41. The molecule has 9 heteroatoms. The number of likely N-dealkylation sites (N-methyl/N-ethyl adjacent to an activating group) is 2. The van der Waals surface area contributed by atoms with E-state index >= 15 is 0 Å². The highest BCUT2D eigenvalue weighted by Gasteiger charge is 2.32. The number of nitrogens with two attached hydrogens (primary N) is 1. The number of Topliss-reactive ketones (excluding diaryl/α,β-unsaturated/α-hetero) is 1. The van der Waals surface area contributed by atoms with Crippen molar-refractivity contribution in [2.45, 2.75) is 44.3 Å². The Balaban J connectivity index is 1.82. The van der Waals surface area contributed by atoms with Gasteiger partial charge in [0.1, 0.15) is 18.5 Å². The number of fused-ring (bicyclic) bond motifs is 1. The van der Waals surface area contributed by atoms with Crippen LogP contribution in [0, 0.1) is 5.82 Å². The lowest BCUT2D eigenvalue weighted by atomic mass is 9.99. The van der Waals surface area contributed by atoms with Crippen molar-refractivity contribution in [3.63, 3.8) is 0 Å². The van der Waals surface area contributed by atoms with Crippen LogP contribution in [0.1, 0.15) is 25.0 Å². The molecule has 0 aliphatic heterocycles. The highest BCUT2D eigenvalue weighted by Crippen LogP contribution is 2.18. The molecule has 3 aromatic carbocycles. The molecule has 0 saturated carbocycles. The van der Waals surface area contributed by atoms with Crippen molar-refractivity contribution in [2.24, 2.45) is 5.73 Å². The van der Waals surface area contributed by atoms with E-state index < -0.39 is 35.3 Å². The Labute approximate surface area is 235 Å². The molecule has 2 amide bonds. The van der Waals surface area contributed by atoms with E-state index in [9.17, 15) is 18.8 Å². The zero-order valence-electron chi connectivity index (χ0n) is 23.6.